The van der Waals surface area contributed by atoms with Crippen molar-refractivity contribution in [2.24, 2.45) is 5.92 Å². The van der Waals surface area contributed by atoms with Gasteiger partial charge >= 0.3 is 17.9 Å². The minimum Gasteiger partial charge on any atom is -0.504 e. The number of aryl methyl sites for hydroxylation is 1. The lowest BCUT2D eigenvalue weighted by Gasteiger charge is -2.52. The third-order valence-electron chi connectivity index (χ3n) is 8.56. The number of aliphatic carboxylic acids is 1. The Morgan fingerprint density at radius 1 is 0.898 bits per heavy atom. The molecule has 49 heavy (non-hydrogen) atoms. The Morgan fingerprint density at radius 3 is 2.16 bits per heavy atom. The van der Waals surface area contributed by atoms with Gasteiger partial charge in [-0.05, 0) is 65.9 Å². The maximum Gasteiger partial charge on any atom is 0.336 e. The molecule has 0 unspecified atom stereocenters. The molecule has 0 spiro atoms. The Hall–Kier alpha value is -5.44. The monoisotopic (exact) mass is 680 g/mol. The zero-order valence-corrected chi connectivity index (χ0v) is 26.2. The van der Waals surface area contributed by atoms with Gasteiger partial charge in [-0.15, -0.1) is 0 Å². The largest absolute Gasteiger partial charge is 0.504 e. The molecular weight excluding hydrogens is 644 g/mol. The number of phenols is 4. The third kappa shape index (κ3) is 7.83. The summed E-state index contributed by atoms with van der Waals surface area (Å²) < 4.78 is 11.2. The SMILES string of the molecule is CCc1cccc(C[C@H]2[C@@H](OC(=O)CC(=O)c3ccc(O)c(O)c3)[C@@](CO)(OC(=O)C=Cc3ccc(O)c(O)c3)[C@H](O)C[C@]2(O)C(=O)O)c1. The second-order valence-electron chi connectivity index (χ2n) is 11.8. The summed E-state index contributed by atoms with van der Waals surface area (Å²) in [6, 6.07) is 13.5. The summed E-state index contributed by atoms with van der Waals surface area (Å²) in [6.45, 7) is 0.648. The molecule has 4 rings (SSSR count). The quantitative estimate of drug-likeness (QED) is 0.0448. The van der Waals surface area contributed by atoms with E-state index in [2.05, 4.69) is 0 Å². The van der Waals surface area contributed by atoms with Crippen LogP contribution < -0.4 is 0 Å². The highest BCUT2D eigenvalue weighted by molar-refractivity contribution is 6.06. The van der Waals surface area contributed by atoms with Crippen LogP contribution in [0.15, 0.2) is 66.7 Å². The molecule has 5 atom stereocenters. The molecule has 0 bridgehead atoms. The van der Waals surface area contributed by atoms with E-state index < -0.39 is 95.5 Å². The first kappa shape index (κ1) is 36.4. The number of carbonyl (C=O) groups is 4. The molecule has 0 saturated heterocycles. The van der Waals surface area contributed by atoms with E-state index in [1.807, 2.05) is 13.0 Å². The van der Waals surface area contributed by atoms with E-state index in [1.54, 1.807) is 18.2 Å². The predicted octanol–water partition coefficient (Wildman–Crippen LogP) is 1.98. The number of rotatable bonds is 12. The lowest BCUT2D eigenvalue weighted by atomic mass is 9.63. The van der Waals surface area contributed by atoms with Gasteiger partial charge in [0, 0.05) is 24.0 Å². The highest BCUT2D eigenvalue weighted by Crippen LogP contribution is 2.46. The molecule has 1 aliphatic carbocycles. The van der Waals surface area contributed by atoms with Gasteiger partial charge in [0.1, 0.15) is 12.5 Å². The number of carboxylic acids is 1. The molecule has 1 fully saturated rings. The van der Waals surface area contributed by atoms with Gasteiger partial charge in [0.2, 0.25) is 0 Å². The number of phenolic OH excluding ortho intramolecular Hbond substituents is 4. The average molecular weight is 681 g/mol. The average Bonchev–Trinajstić information content (AvgIpc) is 3.06. The summed E-state index contributed by atoms with van der Waals surface area (Å²) >= 11 is 0. The fourth-order valence-corrected chi connectivity index (χ4v) is 5.83. The fraction of sp³-hybridized carbons (Fsp3) is 0.314. The third-order valence-corrected chi connectivity index (χ3v) is 8.56. The van der Waals surface area contributed by atoms with Crippen LogP contribution >= 0.6 is 0 Å². The number of esters is 2. The van der Waals surface area contributed by atoms with Crippen molar-refractivity contribution in [3.8, 4) is 23.0 Å². The molecule has 0 heterocycles. The lowest BCUT2D eigenvalue weighted by molar-refractivity contribution is -0.267. The van der Waals surface area contributed by atoms with E-state index in [9.17, 15) is 60.0 Å². The van der Waals surface area contributed by atoms with Crippen LogP contribution in [-0.2, 0) is 36.7 Å². The van der Waals surface area contributed by atoms with Gasteiger partial charge in [0.05, 0.1) is 6.61 Å². The highest BCUT2D eigenvalue weighted by atomic mass is 16.6. The number of Topliss-reactive ketones (excluding diaryl/α,β-unsaturated/α-hetero) is 1. The van der Waals surface area contributed by atoms with E-state index in [1.165, 1.54) is 6.07 Å². The van der Waals surface area contributed by atoms with Gasteiger partial charge in [0.15, 0.2) is 46.1 Å². The summed E-state index contributed by atoms with van der Waals surface area (Å²) in [4.78, 5) is 52.1. The number of carbonyl (C=O) groups excluding carboxylic acids is 3. The maximum atomic E-state index is 13.3. The number of aromatic hydroxyl groups is 4. The zero-order valence-electron chi connectivity index (χ0n) is 26.2. The first-order valence-electron chi connectivity index (χ1n) is 15.1. The van der Waals surface area contributed by atoms with Crippen molar-refractivity contribution in [3.63, 3.8) is 0 Å². The molecule has 0 amide bonds. The molecule has 0 aliphatic heterocycles. The van der Waals surface area contributed by atoms with E-state index in [0.717, 1.165) is 48.0 Å². The van der Waals surface area contributed by atoms with Crippen LogP contribution in [0.2, 0.25) is 0 Å². The number of ketones is 1. The zero-order chi connectivity index (χ0) is 36.1. The van der Waals surface area contributed by atoms with Crippen molar-refractivity contribution in [1.29, 1.82) is 0 Å². The number of carboxylic acid groups (broad SMARTS) is 1. The molecule has 14 nitrogen and oxygen atoms in total. The number of aliphatic hydroxyl groups is 3. The van der Waals surface area contributed by atoms with Crippen LogP contribution in [-0.4, -0.2) is 94.6 Å². The number of ether oxygens (including phenoxy) is 2. The van der Waals surface area contributed by atoms with Gasteiger partial charge < -0.3 is 50.3 Å². The molecule has 8 N–H and O–H groups in total. The molecule has 260 valence electrons. The Morgan fingerprint density at radius 2 is 1.55 bits per heavy atom. The summed E-state index contributed by atoms with van der Waals surface area (Å²) in [5.74, 6) is -8.98. The van der Waals surface area contributed by atoms with Crippen molar-refractivity contribution >= 4 is 29.8 Å². The minimum absolute atomic E-state index is 0.198. The molecule has 0 radical (unpaired) electrons. The topological polar surface area (TPSA) is 249 Å². The molecular formula is C35H36O14. The molecule has 0 aromatic heterocycles. The van der Waals surface area contributed by atoms with Crippen molar-refractivity contribution in [1.82, 2.24) is 0 Å². The van der Waals surface area contributed by atoms with Crippen LogP contribution in [0.1, 0.15) is 46.8 Å². The molecule has 1 saturated carbocycles. The van der Waals surface area contributed by atoms with E-state index in [-0.39, 0.29) is 17.5 Å². The summed E-state index contributed by atoms with van der Waals surface area (Å²) in [5, 5.41) is 82.5. The normalized spacial score (nSPS) is 23.6. The minimum atomic E-state index is -2.80. The van der Waals surface area contributed by atoms with Gasteiger partial charge in [-0.25, -0.2) is 9.59 Å². The first-order chi connectivity index (χ1) is 23.1. The Bertz CT molecular complexity index is 1770. The smallest absolute Gasteiger partial charge is 0.336 e. The predicted molar refractivity (Wildman–Crippen MR) is 170 cm³/mol. The molecule has 3 aromatic rings. The van der Waals surface area contributed by atoms with Gasteiger partial charge in [-0.1, -0.05) is 37.3 Å². The van der Waals surface area contributed by atoms with Gasteiger partial charge in [0.25, 0.3) is 0 Å². The van der Waals surface area contributed by atoms with Gasteiger partial charge in [-0.3, -0.25) is 9.59 Å². The number of hydrogen-bond donors (Lipinski definition) is 8. The first-order valence-corrected chi connectivity index (χ1v) is 15.1. The van der Waals surface area contributed by atoms with Crippen molar-refractivity contribution in [2.75, 3.05) is 6.61 Å². The molecule has 14 heteroatoms. The van der Waals surface area contributed by atoms with Gasteiger partial charge in [-0.2, -0.15) is 0 Å². The van der Waals surface area contributed by atoms with E-state index in [0.29, 0.717) is 12.0 Å². The second kappa shape index (κ2) is 14.8. The standard InChI is InChI=1S/C35H36O14/c1-2-19-4-3-5-21(12-19)13-23-32(48-31(44)16-26(39)22-8-10-25(38)28(41)15-22)35(18-36,29(42)17-34(23,47)33(45)46)49-30(43)11-7-20-6-9-24(37)27(40)14-20/h3-12,14-15,23,29,32,36-38,40-42,47H,2,13,16-18H2,1H3,(H,45,46)/t23-,29+,32+,34+,35-/m0/s1. The van der Waals surface area contributed by atoms with Crippen LogP contribution in [0.5, 0.6) is 23.0 Å². The fourth-order valence-electron chi connectivity index (χ4n) is 5.83. The summed E-state index contributed by atoms with van der Waals surface area (Å²) in [5.41, 5.74) is -4.02. The summed E-state index contributed by atoms with van der Waals surface area (Å²) in [7, 11) is 0. The Labute approximate surface area is 279 Å². The number of aliphatic hydroxyl groups excluding tert-OH is 2. The number of benzene rings is 3. The maximum absolute atomic E-state index is 13.3. The van der Waals surface area contributed by atoms with E-state index in [4.69, 9.17) is 9.47 Å². The van der Waals surface area contributed by atoms with Crippen LogP contribution in [0.25, 0.3) is 6.08 Å². The van der Waals surface area contributed by atoms with Crippen LogP contribution in [0.4, 0.5) is 0 Å². The van der Waals surface area contributed by atoms with Crippen LogP contribution in [0.3, 0.4) is 0 Å². The Kier molecular flexibility index (Phi) is 11.0. The van der Waals surface area contributed by atoms with E-state index >= 15 is 0 Å². The van der Waals surface area contributed by atoms with Crippen molar-refractivity contribution < 1.29 is 69.5 Å². The summed E-state index contributed by atoms with van der Waals surface area (Å²) in [6.07, 6.45) is -3.89. The number of hydrogen-bond acceptors (Lipinski definition) is 13. The van der Waals surface area contributed by atoms with Crippen molar-refractivity contribution in [3.05, 3.63) is 89.0 Å². The highest BCUT2D eigenvalue weighted by Gasteiger charge is 2.66. The Balaban J connectivity index is 1.76. The van der Waals surface area contributed by atoms with Crippen LogP contribution in [0, 0.1) is 5.92 Å². The molecule has 3 aromatic carbocycles. The lowest BCUT2D eigenvalue weighted by Crippen LogP contribution is -2.72. The molecule has 1 aliphatic rings. The van der Waals surface area contributed by atoms with Crippen molar-refractivity contribution in [2.45, 2.75) is 56.0 Å². The second-order valence-corrected chi connectivity index (χ2v) is 11.8.